The van der Waals surface area contributed by atoms with Crippen LogP contribution in [0.5, 0.6) is 0 Å². The van der Waals surface area contributed by atoms with Crippen molar-refractivity contribution in [2.75, 3.05) is 4.90 Å². The van der Waals surface area contributed by atoms with E-state index in [9.17, 15) is 0 Å². The summed E-state index contributed by atoms with van der Waals surface area (Å²) in [7, 11) is 0. The van der Waals surface area contributed by atoms with Crippen LogP contribution in [0.4, 0.5) is 17.1 Å². The fourth-order valence-corrected chi connectivity index (χ4v) is 8.63. The van der Waals surface area contributed by atoms with Gasteiger partial charge < -0.3 is 4.90 Å². The maximum atomic E-state index is 2.46. The summed E-state index contributed by atoms with van der Waals surface area (Å²) < 4.78 is 5.27. The number of hydrogen-bond donors (Lipinski definition) is 0. The molecular weight excluding hydrogens is 535 g/mol. The molecule has 3 heteroatoms. The van der Waals surface area contributed by atoms with Gasteiger partial charge in [0.2, 0.25) is 0 Å². The molecule has 0 N–H and O–H groups in total. The Bertz CT molecular complexity index is 2330. The quantitative estimate of drug-likeness (QED) is 0.195. The summed E-state index contributed by atoms with van der Waals surface area (Å²) in [6.07, 6.45) is 0. The van der Waals surface area contributed by atoms with E-state index < -0.39 is 0 Å². The van der Waals surface area contributed by atoms with Crippen molar-refractivity contribution in [3.63, 3.8) is 0 Å². The molecule has 192 valence electrons. The van der Waals surface area contributed by atoms with Gasteiger partial charge in [-0.25, -0.2) is 0 Å². The summed E-state index contributed by atoms with van der Waals surface area (Å²) in [5.74, 6) is 0. The molecule has 0 aliphatic heterocycles. The number of thiophene rings is 2. The third-order valence-electron chi connectivity index (χ3n) is 8.23. The Labute approximate surface area is 245 Å². The number of nitrogens with zero attached hydrogens (tertiary/aromatic N) is 1. The largest absolute Gasteiger partial charge is 0.310 e. The molecule has 0 bridgehead atoms. The van der Waals surface area contributed by atoms with Crippen LogP contribution in [0.3, 0.4) is 0 Å². The Balaban J connectivity index is 1.36. The van der Waals surface area contributed by atoms with Crippen LogP contribution in [0.2, 0.25) is 0 Å². The molecule has 7 aromatic carbocycles. The maximum Gasteiger partial charge on any atom is 0.0546 e. The van der Waals surface area contributed by atoms with Crippen molar-refractivity contribution < 1.29 is 0 Å². The van der Waals surface area contributed by atoms with Crippen LogP contribution >= 0.6 is 22.7 Å². The predicted molar refractivity (Wildman–Crippen MR) is 182 cm³/mol. The second-order valence-corrected chi connectivity index (χ2v) is 12.7. The Morgan fingerprint density at radius 1 is 0.341 bits per heavy atom. The van der Waals surface area contributed by atoms with Gasteiger partial charge in [-0.1, -0.05) is 97.1 Å². The molecule has 0 atom stereocenters. The molecule has 41 heavy (non-hydrogen) atoms. The first kappa shape index (κ1) is 23.0. The first-order valence-electron chi connectivity index (χ1n) is 13.9. The predicted octanol–water partition coefficient (Wildman–Crippen LogP) is 12.2. The van der Waals surface area contributed by atoms with Crippen LogP contribution in [0.15, 0.2) is 140 Å². The van der Waals surface area contributed by atoms with Gasteiger partial charge in [-0.3, -0.25) is 0 Å². The minimum atomic E-state index is 1.17. The van der Waals surface area contributed by atoms with Crippen LogP contribution in [-0.4, -0.2) is 0 Å². The van der Waals surface area contributed by atoms with E-state index in [0.717, 1.165) is 0 Å². The number of rotatable bonds is 3. The smallest absolute Gasteiger partial charge is 0.0546 e. The molecule has 0 aliphatic rings. The molecule has 1 nitrogen and oxygen atoms in total. The molecule has 0 saturated carbocycles. The van der Waals surface area contributed by atoms with Crippen LogP contribution in [0.25, 0.3) is 61.9 Å². The number of benzene rings is 7. The Hall–Kier alpha value is -4.70. The fourth-order valence-electron chi connectivity index (χ4n) is 6.35. The highest BCUT2D eigenvalue weighted by Gasteiger charge is 2.19. The second kappa shape index (κ2) is 8.90. The number of hydrogen-bond acceptors (Lipinski definition) is 3. The van der Waals surface area contributed by atoms with E-state index in [2.05, 4.69) is 144 Å². The average molecular weight is 558 g/mol. The Morgan fingerprint density at radius 3 is 1.41 bits per heavy atom. The molecule has 9 rings (SSSR count). The minimum absolute atomic E-state index is 1.17. The third-order valence-corrected chi connectivity index (χ3v) is 10.5. The van der Waals surface area contributed by atoms with Gasteiger partial charge >= 0.3 is 0 Å². The molecule has 0 radical (unpaired) electrons. The monoisotopic (exact) mass is 557 g/mol. The lowest BCUT2D eigenvalue weighted by Crippen LogP contribution is -2.10. The van der Waals surface area contributed by atoms with Crippen molar-refractivity contribution in [2.24, 2.45) is 0 Å². The van der Waals surface area contributed by atoms with E-state index in [1.807, 2.05) is 22.7 Å². The maximum absolute atomic E-state index is 2.46. The van der Waals surface area contributed by atoms with Crippen LogP contribution in [0, 0.1) is 0 Å². The van der Waals surface area contributed by atoms with Gasteiger partial charge in [-0.15, -0.1) is 22.7 Å². The number of fused-ring (bicyclic) bond motifs is 9. The summed E-state index contributed by atoms with van der Waals surface area (Å²) in [6, 6.07) is 51.3. The molecule has 0 saturated heterocycles. The average Bonchev–Trinajstić information content (AvgIpc) is 3.59. The Kier molecular flexibility index (Phi) is 5.00. The highest BCUT2D eigenvalue weighted by atomic mass is 32.1. The summed E-state index contributed by atoms with van der Waals surface area (Å²) >= 11 is 3.74. The summed E-state index contributed by atoms with van der Waals surface area (Å²) in [6.45, 7) is 0. The van der Waals surface area contributed by atoms with Gasteiger partial charge in [0.1, 0.15) is 0 Å². The highest BCUT2D eigenvalue weighted by Crippen LogP contribution is 2.46. The van der Waals surface area contributed by atoms with Crippen LogP contribution in [0.1, 0.15) is 0 Å². The summed E-state index contributed by atoms with van der Waals surface area (Å²) in [4.78, 5) is 2.46. The van der Waals surface area contributed by atoms with Crippen LogP contribution in [-0.2, 0) is 0 Å². The Morgan fingerprint density at radius 2 is 0.805 bits per heavy atom. The second-order valence-electron chi connectivity index (χ2n) is 10.6. The third kappa shape index (κ3) is 3.53. The van der Waals surface area contributed by atoms with Crippen molar-refractivity contribution in [1.29, 1.82) is 0 Å². The first-order valence-corrected chi connectivity index (χ1v) is 15.5. The van der Waals surface area contributed by atoms with Crippen molar-refractivity contribution in [1.82, 2.24) is 0 Å². The lowest BCUT2D eigenvalue weighted by molar-refractivity contribution is 1.32. The number of anilines is 3. The normalized spacial score (nSPS) is 11.9. The van der Waals surface area contributed by atoms with E-state index in [4.69, 9.17) is 0 Å². The highest BCUT2D eigenvalue weighted by molar-refractivity contribution is 7.26. The zero-order valence-electron chi connectivity index (χ0n) is 22.0. The molecule has 2 heterocycles. The van der Waals surface area contributed by atoms with Crippen LogP contribution < -0.4 is 4.90 Å². The topological polar surface area (TPSA) is 3.24 Å². The van der Waals surface area contributed by atoms with Gasteiger partial charge in [0.15, 0.2) is 0 Å². The molecule has 0 spiro atoms. The summed E-state index contributed by atoms with van der Waals surface area (Å²) in [5.41, 5.74) is 3.54. The fraction of sp³-hybridized carbons (Fsp3) is 0. The zero-order chi connectivity index (χ0) is 26.9. The van der Waals surface area contributed by atoms with E-state index >= 15 is 0 Å². The summed E-state index contributed by atoms with van der Waals surface area (Å²) in [5, 5.41) is 10.3. The van der Waals surface area contributed by atoms with Gasteiger partial charge in [-0.2, -0.15) is 0 Å². The van der Waals surface area contributed by atoms with E-state index in [1.165, 1.54) is 79.0 Å². The molecule has 0 aliphatic carbocycles. The van der Waals surface area contributed by atoms with Gasteiger partial charge in [0.25, 0.3) is 0 Å². The van der Waals surface area contributed by atoms with Gasteiger partial charge in [-0.05, 0) is 58.6 Å². The van der Waals surface area contributed by atoms with E-state index in [0.29, 0.717) is 0 Å². The van der Waals surface area contributed by atoms with E-state index in [1.54, 1.807) is 0 Å². The van der Waals surface area contributed by atoms with Crippen molar-refractivity contribution >= 4 is 102 Å². The molecule has 0 fully saturated rings. The van der Waals surface area contributed by atoms with Gasteiger partial charge in [0, 0.05) is 57.1 Å². The lowest BCUT2D eigenvalue weighted by atomic mass is 9.99. The van der Waals surface area contributed by atoms with Crippen molar-refractivity contribution in [2.45, 2.75) is 0 Å². The van der Waals surface area contributed by atoms with Gasteiger partial charge in [0.05, 0.1) is 5.69 Å². The van der Waals surface area contributed by atoms with Crippen molar-refractivity contribution in [3.05, 3.63) is 140 Å². The molecule has 9 aromatic rings. The molecular formula is C38H23NS2. The zero-order valence-corrected chi connectivity index (χ0v) is 23.7. The molecule has 2 aromatic heterocycles. The standard InChI is InChI=1S/C38H23NS2/c1-2-10-27-24(9-1)21-34(29-12-4-3-11-28(27)29)39(25-17-19-32-30-13-5-7-15-35(30)40-37(32)22-25)26-18-20-33-31-14-6-8-16-36(31)41-38(33)23-26/h1-23H. The first-order chi connectivity index (χ1) is 20.3. The minimum Gasteiger partial charge on any atom is -0.310 e. The molecule has 0 unspecified atom stereocenters. The molecule has 0 amide bonds. The van der Waals surface area contributed by atoms with Crippen molar-refractivity contribution in [3.8, 4) is 0 Å². The van der Waals surface area contributed by atoms with E-state index in [-0.39, 0.29) is 0 Å². The lowest BCUT2D eigenvalue weighted by Gasteiger charge is -2.28. The SMILES string of the molecule is c1ccc2c(c1)cc(N(c1ccc3c(c1)sc1ccccc13)c1ccc3c(c1)sc1ccccc13)c1ccccc12.